The van der Waals surface area contributed by atoms with Crippen molar-refractivity contribution in [3.63, 3.8) is 0 Å². The van der Waals surface area contributed by atoms with Crippen LogP contribution in [0.2, 0.25) is 0 Å². The standard InChI is InChI=1S/C18H23N.C9H12.C5H12.4C2H6/c1-7-14(4)16(6)19-18(12-13(2)3)17-11-9-8-10-15(17)5;1-2-6-9-7-4-3-5-8-9;1-3-5-4-2;4*1-2/h7-12H,1H2,2-6H3;3-5,7-8H,2,6H2,1H3;3-5H2,1-2H3;4*1-2H3/b16-14+,19-18?;;;;;;. The number of aliphatic imine (C=N–C) groups is 1. The van der Waals surface area contributed by atoms with Crippen LogP contribution in [0, 0.1) is 6.92 Å². The Morgan fingerprint density at radius 1 is 0.683 bits per heavy atom. The Morgan fingerprint density at radius 2 is 1.15 bits per heavy atom. The van der Waals surface area contributed by atoms with Crippen molar-refractivity contribution in [2.75, 3.05) is 0 Å². The van der Waals surface area contributed by atoms with Gasteiger partial charge in [0.25, 0.3) is 0 Å². The van der Waals surface area contributed by atoms with E-state index in [9.17, 15) is 0 Å². The van der Waals surface area contributed by atoms with Crippen LogP contribution in [0.15, 0.2) is 95.2 Å². The molecule has 2 rings (SSSR count). The maximum absolute atomic E-state index is 4.77. The minimum atomic E-state index is 1.01. The fourth-order valence-corrected chi connectivity index (χ4v) is 3.01. The number of aryl methyl sites for hydroxylation is 2. The lowest BCUT2D eigenvalue weighted by atomic mass is 10.0. The average Bonchev–Trinajstić information content (AvgIpc) is 3.02. The molecule has 41 heavy (non-hydrogen) atoms. The van der Waals surface area contributed by atoms with Gasteiger partial charge < -0.3 is 0 Å². The summed E-state index contributed by atoms with van der Waals surface area (Å²) in [5.41, 5.74) is 8.23. The lowest BCUT2D eigenvalue weighted by molar-refractivity contribution is 0.772. The monoisotopic (exact) mass is 566 g/mol. The fraction of sp³-hybridized carbons (Fsp3) is 0.525. The summed E-state index contributed by atoms with van der Waals surface area (Å²) in [4.78, 5) is 4.77. The first-order chi connectivity index (χ1) is 19.8. The first-order valence-corrected chi connectivity index (χ1v) is 16.4. The van der Waals surface area contributed by atoms with Crippen molar-refractivity contribution in [2.24, 2.45) is 4.99 Å². The molecule has 0 aliphatic carbocycles. The number of rotatable bonds is 8. The van der Waals surface area contributed by atoms with E-state index in [1.54, 1.807) is 0 Å². The van der Waals surface area contributed by atoms with Gasteiger partial charge in [-0.3, -0.25) is 4.99 Å². The Morgan fingerprint density at radius 3 is 1.51 bits per heavy atom. The second-order valence-electron chi connectivity index (χ2n) is 8.60. The Balaban J connectivity index is -0.000000163. The molecule has 0 amide bonds. The predicted octanol–water partition coefficient (Wildman–Crippen LogP) is 14.2. The molecule has 0 spiro atoms. The van der Waals surface area contributed by atoms with Crippen LogP contribution in [0.25, 0.3) is 0 Å². The maximum atomic E-state index is 4.77. The molecule has 236 valence electrons. The largest absolute Gasteiger partial charge is 0.253 e. The van der Waals surface area contributed by atoms with Gasteiger partial charge in [-0.25, -0.2) is 0 Å². The molecule has 0 radical (unpaired) electrons. The Labute approximate surface area is 260 Å². The molecule has 1 nitrogen and oxygen atoms in total. The zero-order valence-electron chi connectivity index (χ0n) is 30.5. The third-order valence-corrected chi connectivity index (χ3v) is 5.10. The zero-order valence-corrected chi connectivity index (χ0v) is 30.5. The van der Waals surface area contributed by atoms with Gasteiger partial charge in [0.1, 0.15) is 0 Å². The van der Waals surface area contributed by atoms with Gasteiger partial charge in [-0.1, -0.05) is 175 Å². The van der Waals surface area contributed by atoms with E-state index < -0.39 is 0 Å². The summed E-state index contributed by atoms with van der Waals surface area (Å²) in [5, 5.41) is 0. The van der Waals surface area contributed by atoms with Crippen molar-refractivity contribution in [3.05, 3.63) is 107 Å². The van der Waals surface area contributed by atoms with Crippen LogP contribution in [0.5, 0.6) is 0 Å². The van der Waals surface area contributed by atoms with Gasteiger partial charge >= 0.3 is 0 Å². The van der Waals surface area contributed by atoms with Gasteiger partial charge in [0.2, 0.25) is 0 Å². The lowest BCUT2D eigenvalue weighted by Gasteiger charge is -2.08. The normalized spacial score (nSPS) is 9.61. The fourth-order valence-electron chi connectivity index (χ4n) is 3.01. The number of allylic oxidation sites excluding steroid dienone is 5. The van der Waals surface area contributed by atoms with Crippen LogP contribution in [0.4, 0.5) is 0 Å². The van der Waals surface area contributed by atoms with E-state index in [1.807, 2.05) is 75.3 Å². The molecule has 0 fully saturated rings. The molecule has 0 saturated heterocycles. The van der Waals surface area contributed by atoms with Gasteiger partial charge in [-0.15, -0.1) is 0 Å². The van der Waals surface area contributed by atoms with Crippen LogP contribution in [-0.2, 0) is 6.42 Å². The number of unbranched alkanes of at least 4 members (excludes halogenated alkanes) is 2. The van der Waals surface area contributed by atoms with E-state index in [4.69, 9.17) is 4.99 Å². The van der Waals surface area contributed by atoms with Crippen molar-refractivity contribution in [2.45, 2.75) is 143 Å². The minimum Gasteiger partial charge on any atom is -0.253 e. The van der Waals surface area contributed by atoms with Gasteiger partial charge in [0, 0.05) is 11.3 Å². The van der Waals surface area contributed by atoms with E-state index in [0.29, 0.717) is 0 Å². The number of nitrogens with zero attached hydrogens (tertiary/aromatic N) is 1. The molecule has 2 aromatic rings. The van der Waals surface area contributed by atoms with Gasteiger partial charge in [-0.2, -0.15) is 0 Å². The molecule has 0 atom stereocenters. The highest BCUT2D eigenvalue weighted by Gasteiger charge is 2.04. The lowest BCUT2D eigenvalue weighted by Crippen LogP contribution is -2.01. The molecule has 2 aromatic carbocycles. The SMILES string of the molecule is C=C/C(C)=C(\C)N=C(C=C(C)C)c1ccccc1C.CC.CC.CC.CC.CCCCC.CCCc1ccccc1. The van der Waals surface area contributed by atoms with Crippen molar-refractivity contribution in [1.82, 2.24) is 0 Å². The smallest absolute Gasteiger partial charge is 0.0707 e. The molecule has 0 unspecified atom stereocenters. The summed E-state index contributed by atoms with van der Waals surface area (Å²) in [6.07, 6.45) is 10.5. The van der Waals surface area contributed by atoms with E-state index >= 15 is 0 Å². The van der Waals surface area contributed by atoms with Gasteiger partial charge in [0.15, 0.2) is 0 Å². The predicted molar refractivity (Wildman–Crippen MR) is 197 cm³/mol. The first-order valence-electron chi connectivity index (χ1n) is 16.4. The molecule has 0 aromatic heterocycles. The summed E-state index contributed by atoms with van der Waals surface area (Å²) < 4.78 is 0. The van der Waals surface area contributed by atoms with Crippen molar-refractivity contribution < 1.29 is 0 Å². The second-order valence-corrected chi connectivity index (χ2v) is 8.60. The third kappa shape index (κ3) is 30.1. The quantitative estimate of drug-likeness (QED) is 0.223. The highest BCUT2D eigenvalue weighted by atomic mass is 14.8. The van der Waals surface area contributed by atoms with Crippen LogP contribution < -0.4 is 0 Å². The Kier molecular flexibility index (Phi) is 46.3. The van der Waals surface area contributed by atoms with Crippen molar-refractivity contribution in [1.29, 1.82) is 0 Å². The summed E-state index contributed by atoms with van der Waals surface area (Å²) in [7, 11) is 0. The minimum absolute atomic E-state index is 1.01. The molecule has 0 aliphatic rings. The highest BCUT2D eigenvalue weighted by Crippen LogP contribution is 2.15. The molecular formula is C40H71N. The number of hydrogen-bond acceptors (Lipinski definition) is 1. The van der Waals surface area contributed by atoms with Crippen molar-refractivity contribution in [3.8, 4) is 0 Å². The van der Waals surface area contributed by atoms with Crippen LogP contribution in [-0.4, -0.2) is 5.71 Å². The molecule has 0 N–H and O–H groups in total. The summed E-state index contributed by atoms with van der Waals surface area (Å²) in [6, 6.07) is 18.9. The molecule has 0 saturated carbocycles. The number of hydrogen-bond donors (Lipinski definition) is 0. The van der Waals surface area contributed by atoms with E-state index in [-0.39, 0.29) is 0 Å². The molecular weight excluding hydrogens is 494 g/mol. The Bertz CT molecular complexity index is 876. The molecule has 0 heterocycles. The van der Waals surface area contributed by atoms with Crippen LogP contribution in [0.3, 0.4) is 0 Å². The van der Waals surface area contributed by atoms with Crippen LogP contribution >= 0.6 is 0 Å². The Hall–Kier alpha value is -2.67. The van der Waals surface area contributed by atoms with Crippen LogP contribution in [0.1, 0.15) is 146 Å². The first kappa shape index (κ1) is 48.1. The van der Waals surface area contributed by atoms with E-state index in [2.05, 4.69) is 109 Å². The van der Waals surface area contributed by atoms with Gasteiger partial charge in [-0.05, 0) is 63.8 Å². The summed E-state index contributed by atoms with van der Waals surface area (Å²) >= 11 is 0. The van der Waals surface area contributed by atoms with Crippen molar-refractivity contribution >= 4 is 5.71 Å². The molecule has 1 heteroatoms. The summed E-state index contributed by atoms with van der Waals surface area (Å²) in [5.74, 6) is 0. The second kappa shape index (κ2) is 39.5. The molecule has 0 bridgehead atoms. The summed E-state index contributed by atoms with van der Waals surface area (Å²) in [6.45, 7) is 36.8. The van der Waals surface area contributed by atoms with Gasteiger partial charge in [0.05, 0.1) is 5.71 Å². The highest BCUT2D eigenvalue weighted by molar-refractivity contribution is 6.10. The topological polar surface area (TPSA) is 12.4 Å². The molecule has 0 aliphatic heterocycles. The van der Waals surface area contributed by atoms with E-state index in [1.165, 1.54) is 54.4 Å². The third-order valence-electron chi connectivity index (χ3n) is 5.10. The zero-order chi connectivity index (χ0) is 33.1. The average molecular weight is 566 g/mol. The van der Waals surface area contributed by atoms with E-state index in [0.717, 1.165) is 17.0 Å². The maximum Gasteiger partial charge on any atom is 0.0707 e. The number of benzene rings is 2.